The molecule has 4 aliphatic rings. The van der Waals surface area contributed by atoms with Gasteiger partial charge in [-0.15, -0.1) is 0 Å². The van der Waals surface area contributed by atoms with Crippen molar-refractivity contribution in [3.05, 3.63) is 23.0 Å². The van der Waals surface area contributed by atoms with E-state index in [4.69, 9.17) is 9.97 Å². The second-order valence-corrected chi connectivity index (χ2v) is 10.2. The second-order valence-electron chi connectivity index (χ2n) is 10.2. The van der Waals surface area contributed by atoms with E-state index < -0.39 is 0 Å². The van der Waals surface area contributed by atoms with Crippen molar-refractivity contribution in [1.82, 2.24) is 25.1 Å². The number of aromatic nitrogens is 4. The molecule has 4 heterocycles. The predicted molar refractivity (Wildman–Crippen MR) is 128 cm³/mol. The molecule has 176 valence electrons. The number of amides is 1. The summed E-state index contributed by atoms with van der Waals surface area (Å²) in [5.41, 5.74) is 3.59. The van der Waals surface area contributed by atoms with Gasteiger partial charge in [0.2, 0.25) is 11.9 Å². The maximum absolute atomic E-state index is 13.2. The van der Waals surface area contributed by atoms with Gasteiger partial charge in [0.1, 0.15) is 11.9 Å². The van der Waals surface area contributed by atoms with E-state index in [-0.39, 0.29) is 11.9 Å². The maximum Gasteiger partial charge on any atom is 0.245 e. The molecule has 3 fully saturated rings. The minimum atomic E-state index is -0.128. The summed E-state index contributed by atoms with van der Waals surface area (Å²) in [6, 6.07) is 2.03. The number of anilines is 3. The molecule has 1 saturated carbocycles. The molecule has 0 spiro atoms. The van der Waals surface area contributed by atoms with Crippen LogP contribution in [-0.2, 0) is 17.6 Å². The third-order valence-corrected chi connectivity index (χ3v) is 8.02. The number of H-pyrrole nitrogens is 1. The average molecular weight is 450 g/mol. The Bertz CT molecular complexity index is 1010. The van der Waals surface area contributed by atoms with Crippen LogP contribution in [-0.4, -0.2) is 56.6 Å². The summed E-state index contributed by atoms with van der Waals surface area (Å²) >= 11 is 0. The first-order valence-corrected chi connectivity index (χ1v) is 13.0. The summed E-state index contributed by atoms with van der Waals surface area (Å²) in [5, 5.41) is 11.3. The van der Waals surface area contributed by atoms with Crippen LogP contribution in [0.2, 0.25) is 0 Å². The third-order valence-electron chi connectivity index (χ3n) is 8.02. The van der Waals surface area contributed by atoms with Gasteiger partial charge in [0.15, 0.2) is 5.82 Å². The van der Waals surface area contributed by atoms with Gasteiger partial charge in [-0.1, -0.05) is 12.8 Å². The monoisotopic (exact) mass is 449 g/mol. The Labute approximate surface area is 195 Å². The Morgan fingerprint density at radius 3 is 2.61 bits per heavy atom. The summed E-state index contributed by atoms with van der Waals surface area (Å²) in [7, 11) is 0. The van der Waals surface area contributed by atoms with Crippen LogP contribution in [0.15, 0.2) is 6.07 Å². The van der Waals surface area contributed by atoms with Gasteiger partial charge in [0.05, 0.1) is 5.69 Å². The van der Waals surface area contributed by atoms with Crippen molar-refractivity contribution in [1.29, 1.82) is 0 Å². The highest BCUT2D eigenvalue weighted by Crippen LogP contribution is 2.35. The summed E-state index contributed by atoms with van der Waals surface area (Å²) in [4.78, 5) is 27.4. The van der Waals surface area contributed by atoms with E-state index in [2.05, 4.69) is 26.5 Å². The Morgan fingerprint density at radius 1 is 0.939 bits per heavy atom. The van der Waals surface area contributed by atoms with Crippen LogP contribution in [0, 0.1) is 0 Å². The smallest absolute Gasteiger partial charge is 0.245 e. The lowest BCUT2D eigenvalue weighted by atomic mass is 9.96. The standard InChI is InChI=1S/C25H35N7O/c33-24(31-13-5-6-14-31)21-12-7-15-32(21)25-26-19-11-4-3-10-18(19)23(28-25)27-22-16-20(29-30-22)17-8-1-2-9-17/h16-17,21H,1-15H2,(H2,26,27,28,29,30)/t21-/m0/s1. The molecule has 6 rings (SSSR count). The topological polar surface area (TPSA) is 90.0 Å². The second kappa shape index (κ2) is 8.95. The summed E-state index contributed by atoms with van der Waals surface area (Å²) in [5.74, 6) is 3.28. The Balaban J connectivity index is 1.28. The molecule has 0 bridgehead atoms. The number of likely N-dealkylation sites (tertiary alicyclic amines) is 1. The fourth-order valence-electron chi connectivity index (χ4n) is 6.19. The third kappa shape index (κ3) is 4.08. The molecule has 8 nitrogen and oxygen atoms in total. The van der Waals surface area contributed by atoms with E-state index in [1.54, 1.807) is 0 Å². The lowest BCUT2D eigenvalue weighted by molar-refractivity contribution is -0.131. The highest BCUT2D eigenvalue weighted by molar-refractivity contribution is 5.85. The number of aromatic amines is 1. The van der Waals surface area contributed by atoms with Gasteiger partial charge in [-0.2, -0.15) is 10.1 Å². The van der Waals surface area contributed by atoms with Crippen LogP contribution < -0.4 is 10.2 Å². The molecular formula is C25H35N7O. The number of nitrogens with zero attached hydrogens (tertiary/aromatic N) is 5. The molecule has 0 radical (unpaired) electrons. The molecule has 2 aliphatic heterocycles. The van der Waals surface area contributed by atoms with E-state index in [9.17, 15) is 4.79 Å². The van der Waals surface area contributed by atoms with Gasteiger partial charge in [-0.25, -0.2) is 4.98 Å². The van der Waals surface area contributed by atoms with Crippen molar-refractivity contribution in [2.24, 2.45) is 0 Å². The van der Waals surface area contributed by atoms with Gasteiger partial charge >= 0.3 is 0 Å². The van der Waals surface area contributed by atoms with Crippen molar-refractivity contribution in [2.75, 3.05) is 29.9 Å². The van der Waals surface area contributed by atoms with Gasteiger partial charge < -0.3 is 15.1 Å². The van der Waals surface area contributed by atoms with Crippen LogP contribution in [0.4, 0.5) is 17.6 Å². The average Bonchev–Trinajstić information content (AvgIpc) is 3.64. The van der Waals surface area contributed by atoms with Crippen LogP contribution >= 0.6 is 0 Å². The molecule has 1 atom stereocenters. The molecule has 8 heteroatoms. The number of fused-ring (bicyclic) bond motifs is 1. The summed E-state index contributed by atoms with van der Waals surface area (Å²) < 4.78 is 0. The Kier molecular flexibility index (Phi) is 5.68. The van der Waals surface area contributed by atoms with E-state index in [1.165, 1.54) is 36.9 Å². The minimum Gasteiger partial charge on any atom is -0.341 e. The van der Waals surface area contributed by atoms with Crippen LogP contribution in [0.3, 0.4) is 0 Å². The van der Waals surface area contributed by atoms with E-state index in [0.29, 0.717) is 11.9 Å². The quantitative estimate of drug-likeness (QED) is 0.715. The van der Waals surface area contributed by atoms with Gasteiger partial charge in [0, 0.05) is 42.9 Å². The van der Waals surface area contributed by atoms with Crippen LogP contribution in [0.25, 0.3) is 0 Å². The van der Waals surface area contributed by atoms with Crippen molar-refractivity contribution in [3.63, 3.8) is 0 Å². The lowest BCUT2D eigenvalue weighted by Crippen LogP contribution is -2.45. The largest absolute Gasteiger partial charge is 0.341 e. The number of hydrogen-bond donors (Lipinski definition) is 2. The fraction of sp³-hybridized carbons (Fsp3) is 0.680. The normalized spacial score (nSPS) is 23.3. The number of hydrogen-bond acceptors (Lipinski definition) is 6. The molecule has 2 aromatic heterocycles. The number of nitrogens with one attached hydrogen (secondary N) is 2. The zero-order chi connectivity index (χ0) is 22.2. The Hall–Kier alpha value is -2.64. The maximum atomic E-state index is 13.2. The molecular weight excluding hydrogens is 414 g/mol. The summed E-state index contributed by atoms with van der Waals surface area (Å²) in [6.07, 6.45) is 13.5. The highest BCUT2D eigenvalue weighted by atomic mass is 16.2. The van der Waals surface area contributed by atoms with Crippen LogP contribution in [0.5, 0.6) is 0 Å². The number of aryl methyl sites for hydroxylation is 1. The SMILES string of the molecule is O=C([C@@H]1CCCN1c1nc2c(c(Nc3cc(C4CCCC4)[nH]n3)n1)CCCC2)N1CCCC1. The molecule has 2 N–H and O–H groups in total. The first-order chi connectivity index (χ1) is 16.3. The van der Waals surface area contributed by atoms with Crippen molar-refractivity contribution < 1.29 is 4.79 Å². The molecule has 2 saturated heterocycles. The van der Waals surface area contributed by atoms with Gasteiger partial charge in [-0.3, -0.25) is 9.89 Å². The van der Waals surface area contributed by atoms with Crippen molar-refractivity contribution >= 4 is 23.5 Å². The number of rotatable bonds is 5. The Morgan fingerprint density at radius 2 is 1.76 bits per heavy atom. The molecule has 2 aliphatic carbocycles. The van der Waals surface area contributed by atoms with Crippen molar-refractivity contribution in [2.45, 2.75) is 89.0 Å². The lowest BCUT2D eigenvalue weighted by Gasteiger charge is -2.29. The molecule has 0 aromatic carbocycles. The number of carbonyl (C=O) groups is 1. The number of carbonyl (C=O) groups excluding carboxylic acids is 1. The molecule has 1 amide bonds. The minimum absolute atomic E-state index is 0.128. The van der Waals surface area contributed by atoms with Gasteiger partial charge in [-0.05, 0) is 64.2 Å². The first kappa shape index (κ1) is 20.9. The van der Waals surface area contributed by atoms with E-state index in [0.717, 1.165) is 88.3 Å². The first-order valence-electron chi connectivity index (χ1n) is 13.0. The molecule has 33 heavy (non-hydrogen) atoms. The molecule has 2 aromatic rings. The van der Waals surface area contributed by atoms with Crippen LogP contribution in [0.1, 0.15) is 87.1 Å². The summed E-state index contributed by atoms with van der Waals surface area (Å²) in [6.45, 7) is 2.63. The fourth-order valence-corrected chi connectivity index (χ4v) is 6.19. The highest BCUT2D eigenvalue weighted by Gasteiger charge is 2.36. The predicted octanol–water partition coefficient (Wildman–Crippen LogP) is 4.07. The van der Waals surface area contributed by atoms with Gasteiger partial charge in [0.25, 0.3) is 0 Å². The van der Waals surface area contributed by atoms with E-state index >= 15 is 0 Å². The van der Waals surface area contributed by atoms with E-state index in [1.807, 2.05) is 4.90 Å². The molecule has 0 unspecified atom stereocenters. The zero-order valence-electron chi connectivity index (χ0n) is 19.5. The van der Waals surface area contributed by atoms with Crippen molar-refractivity contribution in [3.8, 4) is 0 Å². The zero-order valence-corrected chi connectivity index (χ0v) is 19.5.